The van der Waals surface area contributed by atoms with Crippen LogP contribution in [0.3, 0.4) is 0 Å². The van der Waals surface area contributed by atoms with Gasteiger partial charge in [0.05, 0.1) is 12.4 Å². The molecule has 5 heteroatoms. The number of hydrogen-bond acceptors (Lipinski definition) is 2. The molecule has 0 heterocycles. The van der Waals surface area contributed by atoms with E-state index in [1.54, 1.807) is 0 Å². The summed E-state index contributed by atoms with van der Waals surface area (Å²) in [6.45, 7) is 1.87. The van der Waals surface area contributed by atoms with E-state index in [-0.39, 0.29) is 0 Å². The lowest BCUT2D eigenvalue weighted by atomic mass is 9.99. The Hall–Kier alpha value is -0.190. The van der Waals surface area contributed by atoms with Gasteiger partial charge in [0.2, 0.25) is 0 Å². The Morgan fingerprint density at radius 1 is 1.40 bits per heavy atom. The monoisotopic (exact) mass is 172 g/mol. The largest absolute Gasteiger partial charge is 0.303 e. The molecular formula is C5H10F2O2S. The Morgan fingerprint density at radius 2 is 1.80 bits per heavy atom. The molecule has 0 N–H and O–H groups in total. The lowest BCUT2D eigenvalue weighted by molar-refractivity contribution is 0.284. The Kier molecular flexibility index (Phi) is 2.76. The zero-order chi connectivity index (χ0) is 8.41. The van der Waals surface area contributed by atoms with E-state index in [0.29, 0.717) is 0 Å². The highest BCUT2D eigenvalue weighted by molar-refractivity contribution is 7.86. The van der Waals surface area contributed by atoms with Gasteiger partial charge >= 0.3 is 10.2 Å². The first-order chi connectivity index (χ1) is 4.27. The maximum atomic E-state index is 11.9. The third kappa shape index (κ3) is 4.67. The third-order valence-corrected chi connectivity index (χ3v) is 2.05. The fourth-order valence-corrected chi connectivity index (χ4v) is 1.52. The molecule has 0 unspecified atom stereocenters. The topological polar surface area (TPSA) is 34.1 Å². The SMILES string of the molecule is CC(C)(CF)CS(=O)(=O)F. The van der Waals surface area contributed by atoms with Crippen LogP contribution in [0.2, 0.25) is 0 Å². The molecule has 0 aliphatic carbocycles. The number of hydrogen-bond donors (Lipinski definition) is 0. The molecule has 0 rings (SSSR count). The molecule has 10 heavy (non-hydrogen) atoms. The smallest absolute Gasteiger partial charge is 0.250 e. The minimum Gasteiger partial charge on any atom is -0.250 e. The average molecular weight is 172 g/mol. The molecule has 0 saturated heterocycles. The van der Waals surface area contributed by atoms with Gasteiger partial charge in [-0.1, -0.05) is 13.8 Å². The van der Waals surface area contributed by atoms with Gasteiger partial charge in [0, 0.05) is 5.41 Å². The van der Waals surface area contributed by atoms with E-state index in [1.807, 2.05) is 0 Å². The van der Waals surface area contributed by atoms with Gasteiger partial charge in [0.25, 0.3) is 0 Å². The second kappa shape index (κ2) is 2.82. The van der Waals surface area contributed by atoms with Crippen molar-refractivity contribution in [3.8, 4) is 0 Å². The molecule has 0 aromatic heterocycles. The Bertz CT molecular complexity index is 196. The van der Waals surface area contributed by atoms with E-state index in [1.165, 1.54) is 13.8 Å². The predicted octanol–water partition coefficient (Wildman–Crippen LogP) is 1.28. The van der Waals surface area contributed by atoms with Crippen molar-refractivity contribution >= 4 is 10.2 Å². The molecule has 0 radical (unpaired) electrons. The predicted molar refractivity (Wildman–Crippen MR) is 34.7 cm³/mol. The van der Waals surface area contributed by atoms with Gasteiger partial charge in [0.1, 0.15) is 0 Å². The van der Waals surface area contributed by atoms with Crippen LogP contribution in [0.5, 0.6) is 0 Å². The quantitative estimate of drug-likeness (QED) is 0.601. The molecule has 0 bridgehead atoms. The van der Waals surface area contributed by atoms with Crippen molar-refractivity contribution in [2.45, 2.75) is 13.8 Å². The summed E-state index contributed by atoms with van der Waals surface area (Å²) in [5.41, 5.74) is -1.10. The van der Waals surface area contributed by atoms with Crippen LogP contribution in [0.15, 0.2) is 0 Å². The summed E-state index contributed by atoms with van der Waals surface area (Å²) >= 11 is 0. The van der Waals surface area contributed by atoms with Gasteiger partial charge in [-0.25, -0.2) is 0 Å². The van der Waals surface area contributed by atoms with Crippen LogP contribution < -0.4 is 0 Å². The zero-order valence-electron chi connectivity index (χ0n) is 5.89. The molecule has 0 spiro atoms. The van der Waals surface area contributed by atoms with Crippen LogP contribution in [0, 0.1) is 5.41 Å². The highest BCUT2D eigenvalue weighted by atomic mass is 32.3. The number of alkyl halides is 1. The zero-order valence-corrected chi connectivity index (χ0v) is 6.71. The lowest BCUT2D eigenvalue weighted by Crippen LogP contribution is -2.23. The molecule has 0 amide bonds. The molecular weight excluding hydrogens is 162 g/mol. The van der Waals surface area contributed by atoms with Gasteiger partial charge < -0.3 is 0 Å². The minimum absolute atomic E-state index is 0.753. The molecule has 62 valence electrons. The second-order valence-corrected chi connectivity index (χ2v) is 4.35. The third-order valence-electron chi connectivity index (χ3n) is 0.925. The van der Waals surface area contributed by atoms with Gasteiger partial charge in [-0.2, -0.15) is 8.42 Å². The molecule has 0 atom stereocenters. The van der Waals surface area contributed by atoms with Crippen molar-refractivity contribution < 1.29 is 16.7 Å². The lowest BCUT2D eigenvalue weighted by Gasteiger charge is -2.16. The van der Waals surface area contributed by atoms with Crippen molar-refractivity contribution in [1.82, 2.24) is 0 Å². The first-order valence-corrected chi connectivity index (χ1v) is 4.30. The van der Waals surface area contributed by atoms with Crippen LogP contribution in [0.4, 0.5) is 8.28 Å². The minimum atomic E-state index is -4.53. The maximum absolute atomic E-state index is 11.9. The summed E-state index contributed by atoms with van der Waals surface area (Å²) in [6, 6.07) is 0. The van der Waals surface area contributed by atoms with Crippen molar-refractivity contribution in [1.29, 1.82) is 0 Å². The van der Waals surface area contributed by atoms with E-state index >= 15 is 0 Å². The summed E-state index contributed by atoms with van der Waals surface area (Å²) in [4.78, 5) is 0. The van der Waals surface area contributed by atoms with Crippen molar-refractivity contribution in [2.24, 2.45) is 5.41 Å². The van der Waals surface area contributed by atoms with Crippen molar-refractivity contribution in [3.63, 3.8) is 0 Å². The molecule has 2 nitrogen and oxygen atoms in total. The maximum Gasteiger partial charge on any atom is 0.303 e. The summed E-state index contributed by atoms with van der Waals surface area (Å²) in [7, 11) is -4.53. The van der Waals surface area contributed by atoms with Crippen LogP contribution >= 0.6 is 0 Å². The Labute approximate surface area is 59.5 Å². The van der Waals surface area contributed by atoms with Crippen molar-refractivity contribution in [3.05, 3.63) is 0 Å². The second-order valence-electron chi connectivity index (χ2n) is 2.98. The van der Waals surface area contributed by atoms with Crippen LogP contribution in [-0.4, -0.2) is 20.8 Å². The van der Waals surface area contributed by atoms with E-state index in [2.05, 4.69) is 0 Å². The van der Waals surface area contributed by atoms with E-state index in [4.69, 9.17) is 0 Å². The summed E-state index contributed by atoms with van der Waals surface area (Å²) in [5.74, 6) is -0.753. The standard InChI is InChI=1S/C5H10F2O2S/c1-5(2,3-6)4-10(7,8)9/h3-4H2,1-2H3. The molecule has 0 aliphatic heterocycles. The molecule has 0 aromatic carbocycles. The fraction of sp³-hybridized carbons (Fsp3) is 1.00. The molecule has 0 aliphatic rings. The van der Waals surface area contributed by atoms with E-state index in [0.717, 1.165) is 0 Å². The summed E-state index contributed by atoms with van der Waals surface area (Å²) in [6.07, 6.45) is 0. The number of halogens is 2. The Morgan fingerprint density at radius 3 is 1.90 bits per heavy atom. The number of rotatable bonds is 3. The van der Waals surface area contributed by atoms with Gasteiger partial charge in [-0.3, -0.25) is 4.39 Å². The normalized spacial score (nSPS) is 13.6. The summed E-state index contributed by atoms with van der Waals surface area (Å²) in [5, 5.41) is 0. The van der Waals surface area contributed by atoms with E-state index < -0.39 is 28.1 Å². The van der Waals surface area contributed by atoms with Crippen molar-refractivity contribution in [2.75, 3.05) is 12.4 Å². The first kappa shape index (κ1) is 9.81. The van der Waals surface area contributed by atoms with Crippen LogP contribution in [-0.2, 0) is 10.2 Å². The summed E-state index contributed by atoms with van der Waals surface area (Å²) < 4.78 is 43.7. The van der Waals surface area contributed by atoms with Gasteiger partial charge in [0.15, 0.2) is 0 Å². The highest BCUT2D eigenvalue weighted by Crippen LogP contribution is 2.18. The Balaban J connectivity index is 4.16. The fourth-order valence-electron chi connectivity index (χ4n) is 0.505. The first-order valence-electron chi connectivity index (χ1n) is 2.75. The van der Waals surface area contributed by atoms with Crippen LogP contribution in [0.1, 0.15) is 13.8 Å². The molecule has 0 aromatic rings. The van der Waals surface area contributed by atoms with Crippen LogP contribution in [0.25, 0.3) is 0 Å². The average Bonchev–Trinajstić information content (AvgIpc) is 1.60. The van der Waals surface area contributed by atoms with Gasteiger partial charge in [-0.05, 0) is 0 Å². The highest BCUT2D eigenvalue weighted by Gasteiger charge is 2.25. The van der Waals surface area contributed by atoms with E-state index in [9.17, 15) is 16.7 Å². The molecule has 0 saturated carbocycles. The van der Waals surface area contributed by atoms with Gasteiger partial charge in [-0.15, -0.1) is 3.89 Å². The molecule has 0 fully saturated rings.